The van der Waals surface area contributed by atoms with Gasteiger partial charge in [0.2, 0.25) is 0 Å². The molecule has 0 aliphatic carbocycles. The summed E-state index contributed by atoms with van der Waals surface area (Å²) in [4.78, 5) is 24.9. The van der Waals surface area contributed by atoms with Crippen molar-refractivity contribution in [2.75, 3.05) is 12.4 Å². The normalized spacial score (nSPS) is 11.6. The summed E-state index contributed by atoms with van der Waals surface area (Å²) < 4.78 is 1.44. The second kappa shape index (κ2) is 9.86. The Morgan fingerprint density at radius 1 is 1.08 bits per heavy atom. The number of rotatable bonds is 7. The molecule has 5 nitrogen and oxygen atoms in total. The second-order valence-corrected chi connectivity index (χ2v) is 6.45. The number of benzene rings is 2. The van der Waals surface area contributed by atoms with Crippen LogP contribution < -0.4 is 5.32 Å². The molecule has 2 aromatic rings. The number of aliphatic hydroxyl groups excluding tert-OH is 1. The predicted octanol–water partition coefficient (Wildman–Crippen LogP) is 3.63. The quantitative estimate of drug-likeness (QED) is 0.742. The number of aliphatic hydroxyl groups is 1. The maximum Gasteiger partial charge on any atom is 0.334 e. The van der Waals surface area contributed by atoms with Crippen LogP contribution >= 0.6 is 11.9 Å². The van der Waals surface area contributed by atoms with E-state index < -0.39 is 18.0 Å². The molecule has 3 amide bonds. The minimum Gasteiger partial charge on any atom is -0.394 e. The van der Waals surface area contributed by atoms with Crippen molar-refractivity contribution >= 4 is 23.9 Å². The van der Waals surface area contributed by atoms with Crippen LogP contribution in [0.2, 0.25) is 0 Å². The zero-order valence-corrected chi connectivity index (χ0v) is 14.9. The molecule has 0 fully saturated rings. The smallest absolute Gasteiger partial charge is 0.334 e. The summed E-state index contributed by atoms with van der Waals surface area (Å²) in [6.45, 7) is 1.78. The second-order valence-electron chi connectivity index (χ2n) is 5.39. The molecule has 0 heterocycles. The van der Waals surface area contributed by atoms with Crippen LogP contribution in [0.1, 0.15) is 35.3 Å². The van der Waals surface area contributed by atoms with Crippen molar-refractivity contribution in [2.24, 2.45) is 0 Å². The van der Waals surface area contributed by atoms with Gasteiger partial charge in [0.25, 0.3) is 5.91 Å². The van der Waals surface area contributed by atoms with E-state index in [4.69, 9.17) is 0 Å². The fourth-order valence-corrected chi connectivity index (χ4v) is 3.19. The van der Waals surface area contributed by atoms with Crippen molar-refractivity contribution in [1.29, 1.82) is 0 Å². The van der Waals surface area contributed by atoms with E-state index in [0.29, 0.717) is 11.3 Å². The molecule has 0 spiro atoms. The first kappa shape index (κ1) is 19.0. The van der Waals surface area contributed by atoms with Crippen molar-refractivity contribution in [2.45, 2.75) is 19.4 Å². The molecule has 1 atom stereocenters. The molecule has 1 unspecified atom stereocenters. The van der Waals surface area contributed by atoms with Crippen molar-refractivity contribution in [1.82, 2.24) is 9.62 Å². The van der Waals surface area contributed by atoms with Gasteiger partial charge in [-0.3, -0.25) is 14.4 Å². The molecular formula is C19H22N2O3S. The number of hydrogen-bond acceptors (Lipinski definition) is 4. The third-order valence-corrected chi connectivity index (χ3v) is 4.82. The summed E-state index contributed by atoms with van der Waals surface area (Å²) in [5, 5.41) is 12.2. The molecule has 6 heteroatoms. The number of imide groups is 1. The standard InChI is InChI=1S/C19H22N2O3S/c1-2-13-25-21(17(14-22)15-9-5-3-6-10-15)19(24)20-18(23)16-11-7-4-8-12-16/h3-12,17,22H,2,13-14H2,1H3,(H,20,23,24). The van der Waals surface area contributed by atoms with Crippen molar-refractivity contribution in [3.05, 3.63) is 71.8 Å². The van der Waals surface area contributed by atoms with Crippen LogP contribution in [-0.4, -0.2) is 33.7 Å². The van der Waals surface area contributed by atoms with Gasteiger partial charge in [-0.1, -0.05) is 55.5 Å². The van der Waals surface area contributed by atoms with Gasteiger partial charge < -0.3 is 5.11 Å². The maximum atomic E-state index is 12.7. The number of amides is 3. The molecule has 2 aromatic carbocycles. The van der Waals surface area contributed by atoms with Crippen LogP contribution in [-0.2, 0) is 0 Å². The number of nitrogens with one attached hydrogen (secondary N) is 1. The van der Waals surface area contributed by atoms with Gasteiger partial charge >= 0.3 is 6.03 Å². The number of carbonyl (C=O) groups is 2. The van der Waals surface area contributed by atoms with Gasteiger partial charge in [-0.2, -0.15) is 0 Å². The first-order valence-corrected chi connectivity index (χ1v) is 9.10. The monoisotopic (exact) mass is 358 g/mol. The molecule has 0 aliphatic rings. The Bertz CT molecular complexity index is 680. The number of carbonyl (C=O) groups excluding carboxylic acids is 2. The van der Waals surface area contributed by atoms with E-state index >= 15 is 0 Å². The zero-order valence-electron chi connectivity index (χ0n) is 14.1. The van der Waals surface area contributed by atoms with Crippen LogP contribution in [0.5, 0.6) is 0 Å². The molecule has 2 N–H and O–H groups in total. The Labute approximate surface area is 152 Å². The highest BCUT2D eigenvalue weighted by atomic mass is 32.2. The first-order chi connectivity index (χ1) is 12.2. The van der Waals surface area contributed by atoms with Gasteiger partial charge in [0, 0.05) is 11.3 Å². The van der Waals surface area contributed by atoms with Crippen LogP contribution in [0.25, 0.3) is 0 Å². The average Bonchev–Trinajstić information content (AvgIpc) is 2.66. The fraction of sp³-hybridized carbons (Fsp3) is 0.263. The summed E-state index contributed by atoms with van der Waals surface area (Å²) in [6, 6.07) is 16.8. The van der Waals surface area contributed by atoms with Gasteiger partial charge in [-0.25, -0.2) is 4.79 Å². The van der Waals surface area contributed by atoms with Crippen molar-refractivity contribution in [3.63, 3.8) is 0 Å². The minimum atomic E-state index is -0.532. The third kappa shape index (κ3) is 5.34. The largest absolute Gasteiger partial charge is 0.394 e. The lowest BCUT2D eigenvalue weighted by Gasteiger charge is -2.29. The lowest BCUT2D eigenvalue weighted by atomic mass is 10.1. The molecule has 0 aromatic heterocycles. The van der Waals surface area contributed by atoms with Gasteiger partial charge in [0.15, 0.2) is 0 Å². The van der Waals surface area contributed by atoms with Gasteiger partial charge in [0.1, 0.15) is 0 Å². The van der Waals surface area contributed by atoms with Crippen LogP contribution in [0.4, 0.5) is 4.79 Å². The first-order valence-electron chi connectivity index (χ1n) is 8.15. The Balaban J connectivity index is 2.17. The van der Waals surface area contributed by atoms with Crippen molar-refractivity contribution < 1.29 is 14.7 Å². The SMILES string of the molecule is CCCSN(C(=O)NC(=O)c1ccccc1)C(CO)c1ccccc1. The molecule has 0 aliphatic heterocycles. The summed E-state index contributed by atoms with van der Waals surface area (Å²) in [5.41, 5.74) is 1.23. The van der Waals surface area contributed by atoms with Gasteiger partial charge in [-0.05, 0) is 36.1 Å². The highest BCUT2D eigenvalue weighted by molar-refractivity contribution is 7.97. The molecule has 0 saturated carbocycles. The minimum absolute atomic E-state index is 0.228. The lowest BCUT2D eigenvalue weighted by molar-refractivity contribution is 0.0953. The molecule has 25 heavy (non-hydrogen) atoms. The number of nitrogens with zero attached hydrogens (tertiary/aromatic N) is 1. The van der Waals surface area contributed by atoms with E-state index in [1.807, 2.05) is 37.3 Å². The van der Waals surface area contributed by atoms with Crippen LogP contribution in [0.3, 0.4) is 0 Å². The molecule has 2 rings (SSSR count). The summed E-state index contributed by atoms with van der Waals surface area (Å²) in [6.07, 6.45) is 0.869. The van der Waals surface area contributed by atoms with E-state index in [1.165, 1.54) is 16.3 Å². The van der Waals surface area contributed by atoms with Gasteiger partial charge in [-0.15, -0.1) is 0 Å². The fourth-order valence-electron chi connectivity index (χ4n) is 2.28. The molecule has 0 radical (unpaired) electrons. The topological polar surface area (TPSA) is 69.6 Å². The van der Waals surface area contributed by atoms with Crippen LogP contribution in [0, 0.1) is 0 Å². The summed E-state index contributed by atoms with van der Waals surface area (Å²) >= 11 is 1.30. The Morgan fingerprint density at radius 2 is 1.68 bits per heavy atom. The van der Waals surface area contributed by atoms with E-state index in [-0.39, 0.29) is 6.61 Å². The van der Waals surface area contributed by atoms with Gasteiger partial charge in [0.05, 0.1) is 12.6 Å². The Kier molecular flexibility index (Phi) is 7.50. The van der Waals surface area contributed by atoms with E-state index in [9.17, 15) is 14.7 Å². The number of hydrogen-bond donors (Lipinski definition) is 2. The summed E-state index contributed by atoms with van der Waals surface area (Å²) in [7, 11) is 0. The Morgan fingerprint density at radius 3 is 2.24 bits per heavy atom. The van der Waals surface area contributed by atoms with E-state index in [0.717, 1.165) is 12.0 Å². The molecule has 132 valence electrons. The third-order valence-electron chi connectivity index (χ3n) is 3.53. The highest BCUT2D eigenvalue weighted by Crippen LogP contribution is 2.27. The summed E-state index contributed by atoms with van der Waals surface area (Å²) in [5.74, 6) is 0.244. The van der Waals surface area contributed by atoms with E-state index in [2.05, 4.69) is 5.32 Å². The maximum absolute atomic E-state index is 12.7. The number of urea groups is 1. The van der Waals surface area contributed by atoms with Crippen molar-refractivity contribution in [3.8, 4) is 0 Å². The molecular weight excluding hydrogens is 336 g/mol. The average molecular weight is 358 g/mol. The lowest BCUT2D eigenvalue weighted by Crippen LogP contribution is -2.42. The molecule has 0 bridgehead atoms. The van der Waals surface area contributed by atoms with E-state index in [1.54, 1.807) is 30.3 Å². The zero-order chi connectivity index (χ0) is 18.1. The molecule has 0 saturated heterocycles. The highest BCUT2D eigenvalue weighted by Gasteiger charge is 2.26. The van der Waals surface area contributed by atoms with Crippen LogP contribution in [0.15, 0.2) is 60.7 Å². The Hall–Kier alpha value is -2.31. The predicted molar refractivity (Wildman–Crippen MR) is 100 cm³/mol.